The predicted octanol–water partition coefficient (Wildman–Crippen LogP) is 6.38. The van der Waals surface area contributed by atoms with Crippen LogP contribution in [0, 0.1) is 12.7 Å². The fraction of sp³-hybridized carbons (Fsp3) is 0.259. The highest BCUT2D eigenvalue weighted by molar-refractivity contribution is 5.94. The Morgan fingerprint density at radius 3 is 2.59 bits per heavy atom. The third-order valence-corrected chi connectivity index (χ3v) is 5.53. The molecule has 0 radical (unpaired) electrons. The van der Waals surface area contributed by atoms with Crippen molar-refractivity contribution in [1.82, 2.24) is 4.98 Å². The maximum Gasteiger partial charge on any atom is 0.356 e. The van der Waals surface area contributed by atoms with Crippen LogP contribution in [0.5, 0.6) is 5.75 Å². The summed E-state index contributed by atoms with van der Waals surface area (Å²) < 4.78 is 24.5. The van der Waals surface area contributed by atoms with Crippen LogP contribution in [0.3, 0.4) is 0 Å². The van der Waals surface area contributed by atoms with Gasteiger partial charge in [-0.3, -0.25) is 0 Å². The molecule has 32 heavy (non-hydrogen) atoms. The molecule has 0 atom stereocenters. The Balaban J connectivity index is 1.68. The van der Waals surface area contributed by atoms with E-state index in [0.29, 0.717) is 18.9 Å². The Bertz CT molecular complexity index is 1150. The Labute approximate surface area is 187 Å². The number of carbonyl (C=O) groups is 1. The van der Waals surface area contributed by atoms with Crippen LogP contribution in [0.2, 0.25) is 0 Å². The van der Waals surface area contributed by atoms with E-state index in [2.05, 4.69) is 18.0 Å². The molecule has 0 amide bonds. The monoisotopic (exact) mass is 431 g/mol. The minimum atomic E-state index is -0.409. The standard InChI is InChI=1S/C27H26FNO3/c1-3-31-27(30)25-9-5-8-24(29-25)22-7-4-6-21(22)23-16-18(2)10-15-26(23)32-17-19-11-13-20(28)14-12-19/h5,8-16H,3-4,6-7,17H2,1-2H3. The molecule has 0 saturated carbocycles. The minimum Gasteiger partial charge on any atom is -0.488 e. The van der Waals surface area contributed by atoms with Gasteiger partial charge in [0, 0.05) is 5.56 Å². The molecule has 1 heterocycles. The molecule has 2 aromatic carbocycles. The summed E-state index contributed by atoms with van der Waals surface area (Å²) in [7, 11) is 0. The lowest BCUT2D eigenvalue weighted by atomic mass is 9.97. The van der Waals surface area contributed by atoms with Crippen molar-refractivity contribution in [2.45, 2.75) is 39.7 Å². The highest BCUT2D eigenvalue weighted by atomic mass is 19.1. The number of ether oxygens (including phenoxy) is 2. The van der Waals surface area contributed by atoms with E-state index in [1.807, 2.05) is 24.3 Å². The molecular weight excluding hydrogens is 405 g/mol. The molecule has 0 unspecified atom stereocenters. The number of rotatable bonds is 7. The van der Waals surface area contributed by atoms with Crippen molar-refractivity contribution in [1.29, 1.82) is 0 Å². The lowest BCUT2D eigenvalue weighted by Crippen LogP contribution is -2.08. The second kappa shape index (κ2) is 9.77. The van der Waals surface area contributed by atoms with E-state index in [1.54, 1.807) is 25.1 Å². The Hall–Kier alpha value is -3.47. The highest BCUT2D eigenvalue weighted by Crippen LogP contribution is 2.42. The maximum absolute atomic E-state index is 13.2. The van der Waals surface area contributed by atoms with Crippen LogP contribution in [0.25, 0.3) is 11.1 Å². The average Bonchev–Trinajstić information content (AvgIpc) is 3.29. The van der Waals surface area contributed by atoms with Crippen LogP contribution < -0.4 is 4.74 Å². The highest BCUT2D eigenvalue weighted by Gasteiger charge is 2.22. The second-order valence-electron chi connectivity index (χ2n) is 7.85. The van der Waals surface area contributed by atoms with E-state index in [4.69, 9.17) is 9.47 Å². The summed E-state index contributed by atoms with van der Waals surface area (Å²) in [6, 6.07) is 18.0. The number of halogens is 1. The molecule has 164 valence electrons. The van der Waals surface area contributed by atoms with Crippen molar-refractivity contribution in [2.75, 3.05) is 6.61 Å². The van der Waals surface area contributed by atoms with E-state index >= 15 is 0 Å². The van der Waals surface area contributed by atoms with E-state index in [-0.39, 0.29) is 5.82 Å². The molecular formula is C27H26FNO3. The van der Waals surface area contributed by atoms with E-state index in [1.165, 1.54) is 17.7 Å². The van der Waals surface area contributed by atoms with Crippen LogP contribution in [-0.2, 0) is 11.3 Å². The summed E-state index contributed by atoms with van der Waals surface area (Å²) in [6.45, 7) is 4.51. The third kappa shape index (κ3) is 4.88. The second-order valence-corrected chi connectivity index (χ2v) is 7.85. The van der Waals surface area contributed by atoms with Gasteiger partial charge in [-0.2, -0.15) is 0 Å². The third-order valence-electron chi connectivity index (χ3n) is 5.53. The van der Waals surface area contributed by atoms with Gasteiger partial charge in [-0.25, -0.2) is 14.2 Å². The first kappa shape index (κ1) is 21.8. The van der Waals surface area contributed by atoms with Gasteiger partial charge < -0.3 is 9.47 Å². The Morgan fingerprint density at radius 1 is 1.03 bits per heavy atom. The van der Waals surface area contributed by atoms with Gasteiger partial charge in [0.05, 0.1) is 12.3 Å². The van der Waals surface area contributed by atoms with Gasteiger partial charge in [-0.15, -0.1) is 0 Å². The molecule has 4 rings (SSSR count). The molecule has 0 N–H and O–H groups in total. The zero-order valence-electron chi connectivity index (χ0n) is 18.4. The molecule has 0 saturated heterocycles. The largest absolute Gasteiger partial charge is 0.488 e. The van der Waals surface area contributed by atoms with E-state index in [0.717, 1.165) is 53.0 Å². The Morgan fingerprint density at radius 2 is 1.81 bits per heavy atom. The number of nitrogens with zero attached hydrogens (tertiary/aromatic N) is 1. The zero-order chi connectivity index (χ0) is 22.5. The minimum absolute atomic E-state index is 0.261. The molecule has 1 aliphatic carbocycles. The summed E-state index contributed by atoms with van der Waals surface area (Å²) >= 11 is 0. The molecule has 3 aromatic rings. The first-order valence-electron chi connectivity index (χ1n) is 10.9. The summed E-state index contributed by atoms with van der Waals surface area (Å²) in [5, 5.41) is 0. The summed E-state index contributed by atoms with van der Waals surface area (Å²) in [4.78, 5) is 16.8. The van der Waals surface area contributed by atoms with Gasteiger partial charge in [0.2, 0.25) is 0 Å². The number of aryl methyl sites for hydroxylation is 1. The van der Waals surface area contributed by atoms with Gasteiger partial charge in [-0.05, 0) is 86.2 Å². The number of benzene rings is 2. The zero-order valence-corrected chi connectivity index (χ0v) is 18.4. The molecule has 1 aliphatic rings. The van der Waals surface area contributed by atoms with E-state index in [9.17, 15) is 9.18 Å². The number of hydrogen-bond donors (Lipinski definition) is 0. The SMILES string of the molecule is CCOC(=O)c1cccc(C2=C(c3cc(C)ccc3OCc3ccc(F)cc3)CCC2)n1. The van der Waals surface area contributed by atoms with Gasteiger partial charge in [0.1, 0.15) is 23.9 Å². The summed E-state index contributed by atoms with van der Waals surface area (Å²) in [5.41, 5.74) is 6.53. The molecule has 1 aromatic heterocycles. The number of hydrogen-bond acceptors (Lipinski definition) is 4. The van der Waals surface area contributed by atoms with E-state index < -0.39 is 5.97 Å². The molecule has 5 heteroatoms. The molecule has 0 aliphatic heterocycles. The first-order valence-corrected chi connectivity index (χ1v) is 10.9. The molecule has 0 bridgehead atoms. The maximum atomic E-state index is 13.2. The number of allylic oxidation sites excluding steroid dienone is 2. The van der Waals surface area contributed by atoms with Crippen molar-refractivity contribution in [2.24, 2.45) is 0 Å². The van der Waals surface area contributed by atoms with Crippen LogP contribution in [0.4, 0.5) is 4.39 Å². The number of esters is 1. The van der Waals surface area contributed by atoms with Gasteiger partial charge >= 0.3 is 5.97 Å². The molecule has 0 spiro atoms. The van der Waals surface area contributed by atoms with Crippen LogP contribution in [0.15, 0.2) is 60.7 Å². The van der Waals surface area contributed by atoms with Crippen molar-refractivity contribution in [3.8, 4) is 5.75 Å². The first-order chi connectivity index (χ1) is 15.5. The Kier molecular flexibility index (Phi) is 6.64. The van der Waals surface area contributed by atoms with Crippen molar-refractivity contribution < 1.29 is 18.7 Å². The number of pyridine rings is 1. The lowest BCUT2D eigenvalue weighted by molar-refractivity contribution is 0.0519. The number of aromatic nitrogens is 1. The van der Waals surface area contributed by atoms with Gasteiger partial charge in [-0.1, -0.05) is 29.8 Å². The molecule has 0 fully saturated rings. The fourth-order valence-electron chi connectivity index (χ4n) is 3.99. The average molecular weight is 432 g/mol. The topological polar surface area (TPSA) is 48.4 Å². The predicted molar refractivity (Wildman–Crippen MR) is 123 cm³/mol. The van der Waals surface area contributed by atoms with Gasteiger partial charge in [0.25, 0.3) is 0 Å². The lowest BCUT2D eigenvalue weighted by Gasteiger charge is -2.15. The normalized spacial score (nSPS) is 13.3. The smallest absolute Gasteiger partial charge is 0.356 e. The van der Waals surface area contributed by atoms with Crippen molar-refractivity contribution in [3.05, 3.63) is 94.6 Å². The van der Waals surface area contributed by atoms with Crippen molar-refractivity contribution in [3.63, 3.8) is 0 Å². The van der Waals surface area contributed by atoms with Crippen LogP contribution >= 0.6 is 0 Å². The molecule has 4 nitrogen and oxygen atoms in total. The summed E-state index contributed by atoms with van der Waals surface area (Å²) in [6.07, 6.45) is 2.82. The quantitative estimate of drug-likeness (QED) is 0.407. The number of carbonyl (C=O) groups excluding carboxylic acids is 1. The van der Waals surface area contributed by atoms with Crippen molar-refractivity contribution >= 4 is 17.1 Å². The fourth-order valence-corrected chi connectivity index (χ4v) is 3.99. The van der Waals surface area contributed by atoms with Gasteiger partial charge in [0.15, 0.2) is 0 Å². The summed E-state index contributed by atoms with van der Waals surface area (Å²) in [5.74, 6) is 0.118. The van der Waals surface area contributed by atoms with Crippen LogP contribution in [-0.4, -0.2) is 17.6 Å². The van der Waals surface area contributed by atoms with Crippen LogP contribution in [0.1, 0.15) is 59.1 Å².